The summed E-state index contributed by atoms with van der Waals surface area (Å²) in [5, 5.41) is 6.74. The second-order valence-electron chi connectivity index (χ2n) is 5.76. The monoisotopic (exact) mass is 246 g/mol. The zero-order valence-corrected chi connectivity index (χ0v) is 11.9. The first kappa shape index (κ1) is 13.6. The van der Waals surface area contributed by atoms with Crippen LogP contribution in [0.2, 0.25) is 0 Å². The molecule has 100 valence electrons. The average Bonchev–Trinajstić information content (AvgIpc) is 2.90. The lowest BCUT2D eigenvalue weighted by molar-refractivity contribution is 0.478. The fourth-order valence-corrected chi connectivity index (χ4v) is 2.91. The van der Waals surface area contributed by atoms with E-state index in [2.05, 4.69) is 48.7 Å². The molecule has 1 saturated heterocycles. The highest BCUT2D eigenvalue weighted by atomic mass is 14.9. The molecule has 0 bridgehead atoms. The lowest BCUT2D eigenvalue weighted by Gasteiger charge is -2.21. The van der Waals surface area contributed by atoms with Gasteiger partial charge in [0.2, 0.25) is 0 Å². The van der Waals surface area contributed by atoms with E-state index in [4.69, 9.17) is 0 Å². The van der Waals surface area contributed by atoms with Gasteiger partial charge in [-0.1, -0.05) is 38.1 Å². The predicted octanol–water partition coefficient (Wildman–Crippen LogP) is 2.72. The van der Waals surface area contributed by atoms with Gasteiger partial charge in [0.1, 0.15) is 0 Å². The van der Waals surface area contributed by atoms with Crippen molar-refractivity contribution in [1.29, 1.82) is 0 Å². The SMILES string of the molecule is CNCC(c1ccc(C2CCNC2)cc1)C(C)C. The third kappa shape index (κ3) is 3.12. The molecular weight excluding hydrogens is 220 g/mol. The first-order chi connectivity index (χ1) is 8.72. The highest BCUT2D eigenvalue weighted by Gasteiger charge is 2.18. The fourth-order valence-electron chi connectivity index (χ4n) is 2.91. The normalized spacial score (nSPS) is 21.4. The summed E-state index contributed by atoms with van der Waals surface area (Å²) in [7, 11) is 2.04. The van der Waals surface area contributed by atoms with Crippen LogP contribution in [0.1, 0.15) is 43.2 Å². The van der Waals surface area contributed by atoms with Crippen LogP contribution in [0.15, 0.2) is 24.3 Å². The molecule has 0 spiro atoms. The summed E-state index contributed by atoms with van der Waals surface area (Å²) in [6.07, 6.45) is 1.28. The molecule has 0 aliphatic carbocycles. The predicted molar refractivity (Wildman–Crippen MR) is 78.2 cm³/mol. The van der Waals surface area contributed by atoms with Gasteiger partial charge in [-0.15, -0.1) is 0 Å². The number of rotatable bonds is 5. The highest BCUT2D eigenvalue weighted by molar-refractivity contribution is 5.29. The van der Waals surface area contributed by atoms with Crippen molar-refractivity contribution in [3.05, 3.63) is 35.4 Å². The van der Waals surface area contributed by atoms with Crippen molar-refractivity contribution in [2.75, 3.05) is 26.7 Å². The Morgan fingerprint density at radius 3 is 2.50 bits per heavy atom. The van der Waals surface area contributed by atoms with Crippen LogP contribution in [-0.4, -0.2) is 26.7 Å². The molecule has 2 atom stereocenters. The second-order valence-corrected chi connectivity index (χ2v) is 5.76. The topological polar surface area (TPSA) is 24.1 Å². The highest BCUT2D eigenvalue weighted by Crippen LogP contribution is 2.27. The lowest BCUT2D eigenvalue weighted by Crippen LogP contribution is -2.21. The van der Waals surface area contributed by atoms with Crippen LogP contribution in [0.4, 0.5) is 0 Å². The van der Waals surface area contributed by atoms with E-state index < -0.39 is 0 Å². The van der Waals surface area contributed by atoms with Crippen LogP contribution in [0, 0.1) is 5.92 Å². The number of nitrogens with one attached hydrogen (secondary N) is 2. The lowest BCUT2D eigenvalue weighted by atomic mass is 9.87. The maximum absolute atomic E-state index is 3.44. The van der Waals surface area contributed by atoms with E-state index in [0.717, 1.165) is 19.0 Å². The van der Waals surface area contributed by atoms with E-state index in [1.807, 2.05) is 7.05 Å². The van der Waals surface area contributed by atoms with Crippen LogP contribution >= 0.6 is 0 Å². The Bertz CT molecular complexity index is 350. The summed E-state index contributed by atoms with van der Waals surface area (Å²) >= 11 is 0. The van der Waals surface area contributed by atoms with Gasteiger partial charge in [-0.05, 0) is 48.9 Å². The van der Waals surface area contributed by atoms with Crippen molar-refractivity contribution in [2.45, 2.75) is 32.1 Å². The quantitative estimate of drug-likeness (QED) is 0.835. The van der Waals surface area contributed by atoms with Crippen molar-refractivity contribution in [2.24, 2.45) is 5.92 Å². The van der Waals surface area contributed by atoms with Gasteiger partial charge in [0.25, 0.3) is 0 Å². The van der Waals surface area contributed by atoms with Gasteiger partial charge in [-0.25, -0.2) is 0 Å². The molecule has 2 rings (SSSR count). The minimum absolute atomic E-state index is 0.616. The summed E-state index contributed by atoms with van der Waals surface area (Å²) in [5.74, 6) is 2.02. The van der Waals surface area contributed by atoms with Crippen LogP contribution in [-0.2, 0) is 0 Å². The first-order valence-corrected chi connectivity index (χ1v) is 7.17. The largest absolute Gasteiger partial charge is 0.319 e. The summed E-state index contributed by atoms with van der Waals surface area (Å²) in [4.78, 5) is 0. The number of hydrogen-bond donors (Lipinski definition) is 2. The molecule has 1 aliphatic heterocycles. The van der Waals surface area contributed by atoms with Crippen LogP contribution in [0.3, 0.4) is 0 Å². The Labute approximate surface area is 111 Å². The molecule has 2 nitrogen and oxygen atoms in total. The molecule has 2 N–H and O–H groups in total. The minimum atomic E-state index is 0.616. The standard InChI is InChI=1S/C16H26N2/c1-12(2)16(11-17-3)14-6-4-13(5-7-14)15-8-9-18-10-15/h4-7,12,15-18H,8-11H2,1-3H3. The van der Waals surface area contributed by atoms with Crippen molar-refractivity contribution in [3.8, 4) is 0 Å². The molecule has 1 aliphatic rings. The maximum atomic E-state index is 3.44. The third-order valence-electron chi connectivity index (χ3n) is 4.13. The second kappa shape index (κ2) is 6.35. The molecule has 0 aromatic heterocycles. The van der Waals surface area contributed by atoms with Gasteiger partial charge < -0.3 is 10.6 Å². The molecule has 1 aromatic carbocycles. The summed E-state index contributed by atoms with van der Waals surface area (Å²) in [5.41, 5.74) is 2.96. The smallest absolute Gasteiger partial charge is 0.00206 e. The van der Waals surface area contributed by atoms with Crippen molar-refractivity contribution in [1.82, 2.24) is 10.6 Å². The van der Waals surface area contributed by atoms with E-state index in [0.29, 0.717) is 11.8 Å². The van der Waals surface area contributed by atoms with Crippen LogP contribution in [0.25, 0.3) is 0 Å². The van der Waals surface area contributed by atoms with Crippen LogP contribution < -0.4 is 10.6 Å². The van der Waals surface area contributed by atoms with Crippen LogP contribution in [0.5, 0.6) is 0 Å². The van der Waals surface area contributed by atoms with E-state index in [1.54, 1.807) is 0 Å². The number of benzene rings is 1. The molecule has 1 fully saturated rings. The summed E-state index contributed by atoms with van der Waals surface area (Å²) in [6.45, 7) is 7.97. The van der Waals surface area contributed by atoms with Gasteiger partial charge in [-0.3, -0.25) is 0 Å². The Hall–Kier alpha value is -0.860. The first-order valence-electron chi connectivity index (χ1n) is 7.17. The number of likely N-dealkylation sites (N-methyl/N-ethyl adjacent to an activating group) is 1. The zero-order valence-electron chi connectivity index (χ0n) is 11.9. The van der Waals surface area contributed by atoms with Gasteiger partial charge in [0, 0.05) is 13.1 Å². The fraction of sp³-hybridized carbons (Fsp3) is 0.625. The molecular formula is C16H26N2. The number of hydrogen-bond acceptors (Lipinski definition) is 2. The molecule has 2 unspecified atom stereocenters. The van der Waals surface area contributed by atoms with Crippen molar-refractivity contribution < 1.29 is 0 Å². The Balaban J connectivity index is 2.09. The van der Waals surface area contributed by atoms with Gasteiger partial charge in [-0.2, -0.15) is 0 Å². The summed E-state index contributed by atoms with van der Waals surface area (Å²) in [6, 6.07) is 9.32. The van der Waals surface area contributed by atoms with Gasteiger partial charge in [0.15, 0.2) is 0 Å². The maximum Gasteiger partial charge on any atom is 0.00206 e. The summed E-state index contributed by atoms with van der Waals surface area (Å²) < 4.78 is 0. The van der Waals surface area contributed by atoms with Gasteiger partial charge in [0.05, 0.1) is 0 Å². The van der Waals surface area contributed by atoms with Crippen molar-refractivity contribution in [3.63, 3.8) is 0 Å². The average molecular weight is 246 g/mol. The Morgan fingerprint density at radius 2 is 2.00 bits per heavy atom. The molecule has 0 saturated carbocycles. The van der Waals surface area contributed by atoms with E-state index in [-0.39, 0.29) is 0 Å². The molecule has 1 heterocycles. The van der Waals surface area contributed by atoms with Crippen molar-refractivity contribution >= 4 is 0 Å². The van der Waals surface area contributed by atoms with E-state index in [1.165, 1.54) is 24.1 Å². The molecule has 2 heteroatoms. The van der Waals surface area contributed by atoms with E-state index in [9.17, 15) is 0 Å². The van der Waals surface area contributed by atoms with Gasteiger partial charge >= 0.3 is 0 Å². The molecule has 1 aromatic rings. The minimum Gasteiger partial charge on any atom is -0.319 e. The third-order valence-corrected chi connectivity index (χ3v) is 4.13. The zero-order chi connectivity index (χ0) is 13.0. The molecule has 0 radical (unpaired) electrons. The van der Waals surface area contributed by atoms with E-state index >= 15 is 0 Å². The Kier molecular flexibility index (Phi) is 4.79. The molecule has 0 amide bonds. The molecule has 18 heavy (non-hydrogen) atoms. The Morgan fingerprint density at radius 1 is 1.28 bits per heavy atom.